The van der Waals surface area contributed by atoms with Crippen molar-refractivity contribution in [2.45, 2.75) is 6.42 Å². The fraction of sp³-hybridized carbons (Fsp3) is 0.176. The van der Waals surface area contributed by atoms with Gasteiger partial charge in [0.25, 0.3) is 0 Å². The fourth-order valence-corrected chi connectivity index (χ4v) is 4.72. The lowest BCUT2D eigenvalue weighted by Gasteiger charge is -2.08. The average Bonchev–Trinajstić information content (AvgIpc) is 3.36. The summed E-state index contributed by atoms with van der Waals surface area (Å²) in [6.45, 7) is 1.17. The van der Waals surface area contributed by atoms with Gasteiger partial charge in [-0.25, -0.2) is 14.8 Å². The third-order valence-corrected chi connectivity index (χ3v) is 6.14. The lowest BCUT2D eigenvalue weighted by atomic mass is 10.2. The van der Waals surface area contributed by atoms with Crippen LogP contribution in [0, 0.1) is 0 Å². The molecular weight excluding hydrogens is 441 g/mol. The van der Waals surface area contributed by atoms with Crippen molar-refractivity contribution in [1.82, 2.24) is 15.3 Å². The van der Waals surface area contributed by atoms with Crippen molar-refractivity contribution < 1.29 is 9.59 Å². The maximum atomic E-state index is 12.3. The molecule has 0 aliphatic carbocycles. The Bertz CT molecular complexity index is 1050. The van der Waals surface area contributed by atoms with E-state index in [1.54, 1.807) is 28.5 Å². The van der Waals surface area contributed by atoms with Gasteiger partial charge in [0.2, 0.25) is 5.91 Å². The molecule has 0 saturated carbocycles. The van der Waals surface area contributed by atoms with Gasteiger partial charge in [0.05, 0.1) is 22.8 Å². The minimum Gasteiger partial charge on any atom is -0.336 e. The minimum atomic E-state index is -0.231. The second-order valence-electron chi connectivity index (χ2n) is 5.89. The van der Waals surface area contributed by atoms with Gasteiger partial charge in [0.15, 0.2) is 10.3 Å². The molecule has 1 aliphatic rings. The Kier molecular flexibility index (Phi) is 5.49. The largest absolute Gasteiger partial charge is 0.336 e. The summed E-state index contributed by atoms with van der Waals surface area (Å²) in [7, 11) is 0. The van der Waals surface area contributed by atoms with Crippen LogP contribution in [0.2, 0.25) is 10.0 Å². The Morgan fingerprint density at radius 3 is 2.86 bits per heavy atom. The number of rotatable bonds is 5. The normalized spacial score (nSPS) is 13.6. The summed E-state index contributed by atoms with van der Waals surface area (Å²) in [5.74, 6) is -0.231. The van der Waals surface area contributed by atoms with Crippen LogP contribution in [-0.4, -0.2) is 35.0 Å². The maximum Gasteiger partial charge on any atom is 0.323 e. The van der Waals surface area contributed by atoms with Gasteiger partial charge in [-0.05, 0) is 18.2 Å². The van der Waals surface area contributed by atoms with Crippen molar-refractivity contribution in [1.29, 1.82) is 0 Å². The molecular formula is C17H13Cl2N5O2S2. The first kappa shape index (κ1) is 19.1. The number of hydrogen-bond donors (Lipinski definition) is 2. The molecule has 144 valence electrons. The van der Waals surface area contributed by atoms with Crippen LogP contribution in [0.25, 0.3) is 11.3 Å². The lowest BCUT2D eigenvalue weighted by molar-refractivity contribution is -0.115. The third kappa shape index (κ3) is 4.12. The van der Waals surface area contributed by atoms with Crippen LogP contribution in [0.4, 0.5) is 15.1 Å². The Morgan fingerprint density at radius 2 is 2.11 bits per heavy atom. The van der Waals surface area contributed by atoms with E-state index in [1.165, 1.54) is 22.7 Å². The highest BCUT2D eigenvalue weighted by molar-refractivity contribution is 7.14. The standard InChI is InChI=1S/C17H13Cl2N5O2S2/c18-9-1-2-11(12(19)5-9)13-8-27-15(22-13)23-14(25)6-10-7-28-17(21-10)24-4-3-20-16(24)26/h1-2,5,7-8H,3-4,6H2,(H,20,26)(H,22,23,25). The van der Waals surface area contributed by atoms with E-state index in [2.05, 4.69) is 20.6 Å². The molecule has 3 heterocycles. The molecule has 3 amide bonds. The molecule has 2 N–H and O–H groups in total. The van der Waals surface area contributed by atoms with E-state index < -0.39 is 0 Å². The highest BCUT2D eigenvalue weighted by Gasteiger charge is 2.24. The number of anilines is 2. The summed E-state index contributed by atoms with van der Waals surface area (Å²) in [6.07, 6.45) is 0.0998. The highest BCUT2D eigenvalue weighted by atomic mass is 35.5. The zero-order valence-corrected chi connectivity index (χ0v) is 17.4. The highest BCUT2D eigenvalue weighted by Crippen LogP contribution is 2.32. The number of nitrogens with one attached hydrogen (secondary N) is 2. The molecule has 3 aromatic rings. The van der Waals surface area contributed by atoms with E-state index >= 15 is 0 Å². The topological polar surface area (TPSA) is 87.2 Å². The number of nitrogens with zero attached hydrogens (tertiary/aromatic N) is 3. The first-order valence-corrected chi connectivity index (χ1v) is 10.7. The smallest absolute Gasteiger partial charge is 0.323 e. The van der Waals surface area contributed by atoms with Gasteiger partial charge < -0.3 is 10.6 Å². The number of amides is 3. The van der Waals surface area contributed by atoms with E-state index in [0.29, 0.717) is 44.8 Å². The number of hydrogen-bond acceptors (Lipinski definition) is 6. The Hall–Kier alpha value is -2.20. The van der Waals surface area contributed by atoms with Crippen LogP contribution >= 0.6 is 45.9 Å². The maximum absolute atomic E-state index is 12.3. The third-order valence-electron chi connectivity index (χ3n) is 3.93. The molecule has 0 bridgehead atoms. The molecule has 1 fully saturated rings. The molecule has 28 heavy (non-hydrogen) atoms. The van der Waals surface area contributed by atoms with Crippen LogP contribution < -0.4 is 15.5 Å². The summed E-state index contributed by atoms with van der Waals surface area (Å²) in [4.78, 5) is 34.4. The summed E-state index contributed by atoms with van der Waals surface area (Å²) >= 11 is 14.8. The number of aromatic nitrogens is 2. The van der Waals surface area contributed by atoms with Gasteiger partial charge >= 0.3 is 6.03 Å². The first-order chi connectivity index (χ1) is 13.5. The van der Waals surface area contributed by atoms with Crippen molar-refractivity contribution in [3.63, 3.8) is 0 Å². The molecule has 1 saturated heterocycles. The number of thiazole rings is 2. The van der Waals surface area contributed by atoms with Crippen molar-refractivity contribution in [2.75, 3.05) is 23.3 Å². The predicted molar refractivity (Wildman–Crippen MR) is 113 cm³/mol. The van der Waals surface area contributed by atoms with E-state index in [9.17, 15) is 9.59 Å². The summed E-state index contributed by atoms with van der Waals surface area (Å²) < 4.78 is 0. The van der Waals surface area contributed by atoms with Gasteiger partial charge in [0, 0.05) is 34.4 Å². The van der Waals surface area contributed by atoms with Crippen LogP contribution in [0.15, 0.2) is 29.0 Å². The molecule has 1 aromatic carbocycles. The minimum absolute atomic E-state index is 0.0998. The average molecular weight is 454 g/mol. The number of carbonyl (C=O) groups is 2. The van der Waals surface area contributed by atoms with Crippen molar-refractivity contribution in [3.05, 3.63) is 44.7 Å². The van der Waals surface area contributed by atoms with Gasteiger partial charge in [-0.15, -0.1) is 22.7 Å². The molecule has 11 heteroatoms. The van der Waals surface area contributed by atoms with Gasteiger partial charge in [-0.2, -0.15) is 0 Å². The van der Waals surface area contributed by atoms with E-state index in [1.807, 2.05) is 5.38 Å². The van der Waals surface area contributed by atoms with Crippen molar-refractivity contribution >= 4 is 68.1 Å². The Labute approximate surface area is 178 Å². The van der Waals surface area contributed by atoms with E-state index in [-0.39, 0.29) is 18.4 Å². The Morgan fingerprint density at radius 1 is 1.25 bits per heavy atom. The van der Waals surface area contributed by atoms with Crippen LogP contribution in [0.1, 0.15) is 5.69 Å². The zero-order valence-electron chi connectivity index (χ0n) is 14.2. The zero-order chi connectivity index (χ0) is 19.7. The van der Waals surface area contributed by atoms with E-state index in [0.717, 1.165) is 5.56 Å². The van der Waals surface area contributed by atoms with Crippen LogP contribution in [-0.2, 0) is 11.2 Å². The molecule has 0 radical (unpaired) electrons. The van der Waals surface area contributed by atoms with Crippen molar-refractivity contribution in [3.8, 4) is 11.3 Å². The Balaban J connectivity index is 1.40. The van der Waals surface area contributed by atoms with Gasteiger partial charge in [-0.1, -0.05) is 23.2 Å². The van der Waals surface area contributed by atoms with Gasteiger partial charge in [-0.3, -0.25) is 9.69 Å². The summed E-state index contributed by atoms with van der Waals surface area (Å²) in [6, 6.07) is 5.01. The monoisotopic (exact) mass is 453 g/mol. The number of carbonyl (C=O) groups excluding carboxylic acids is 2. The summed E-state index contributed by atoms with van der Waals surface area (Å²) in [5, 5.41) is 11.2. The van der Waals surface area contributed by atoms with Crippen LogP contribution in [0.3, 0.4) is 0 Å². The number of urea groups is 1. The molecule has 0 spiro atoms. The SMILES string of the molecule is O=C(Cc1csc(N2CCNC2=O)n1)Nc1nc(-c2ccc(Cl)cc2Cl)cs1. The molecule has 0 atom stereocenters. The number of benzene rings is 1. The molecule has 7 nitrogen and oxygen atoms in total. The first-order valence-electron chi connectivity index (χ1n) is 8.20. The van der Waals surface area contributed by atoms with E-state index in [4.69, 9.17) is 23.2 Å². The quantitative estimate of drug-likeness (QED) is 0.603. The van der Waals surface area contributed by atoms with Crippen LogP contribution in [0.5, 0.6) is 0 Å². The predicted octanol–water partition coefficient (Wildman–Crippen LogP) is 4.28. The second-order valence-corrected chi connectivity index (χ2v) is 8.43. The summed E-state index contributed by atoms with van der Waals surface area (Å²) in [5.41, 5.74) is 2.02. The molecule has 1 aliphatic heterocycles. The molecule has 4 rings (SSSR count). The van der Waals surface area contributed by atoms with Crippen molar-refractivity contribution in [2.24, 2.45) is 0 Å². The number of halogens is 2. The lowest BCUT2D eigenvalue weighted by Crippen LogP contribution is -2.27. The fourth-order valence-electron chi connectivity index (χ4n) is 2.64. The second kappa shape index (κ2) is 8.04. The van der Waals surface area contributed by atoms with Gasteiger partial charge in [0.1, 0.15) is 0 Å². The molecule has 0 unspecified atom stereocenters. The molecule has 2 aromatic heterocycles.